The molecule has 0 saturated heterocycles. The summed E-state index contributed by atoms with van der Waals surface area (Å²) >= 11 is 1.51. The van der Waals surface area contributed by atoms with Gasteiger partial charge in [-0.1, -0.05) is 60.7 Å². The van der Waals surface area contributed by atoms with Crippen LogP contribution in [0.5, 0.6) is 0 Å². The largest absolute Gasteiger partial charge is 0.355 e. The minimum atomic E-state index is -0.187. The van der Waals surface area contributed by atoms with Gasteiger partial charge in [-0.25, -0.2) is 4.98 Å². The van der Waals surface area contributed by atoms with Crippen molar-refractivity contribution in [3.05, 3.63) is 98.9 Å². The molecule has 0 atom stereocenters. The number of amides is 1. The molecule has 0 fully saturated rings. The average Bonchev–Trinajstić information content (AvgIpc) is 3.08. The van der Waals surface area contributed by atoms with E-state index in [0.717, 1.165) is 21.7 Å². The van der Waals surface area contributed by atoms with Gasteiger partial charge in [0.2, 0.25) is 5.91 Å². The van der Waals surface area contributed by atoms with Crippen molar-refractivity contribution in [1.82, 2.24) is 14.9 Å². The minimum Gasteiger partial charge on any atom is -0.355 e. The molecule has 1 amide bonds. The van der Waals surface area contributed by atoms with E-state index in [4.69, 9.17) is 0 Å². The lowest BCUT2D eigenvalue weighted by atomic mass is 9.88. The lowest BCUT2D eigenvalue weighted by molar-refractivity contribution is -0.121. The zero-order chi connectivity index (χ0) is 21.8. The van der Waals surface area contributed by atoms with Gasteiger partial charge in [-0.2, -0.15) is 0 Å². The first-order valence-electron chi connectivity index (χ1n) is 10.4. The third kappa shape index (κ3) is 4.59. The summed E-state index contributed by atoms with van der Waals surface area (Å²) in [5, 5.41) is 3.59. The smallest absolute Gasteiger partial charge is 0.262 e. The maximum atomic E-state index is 12.8. The summed E-state index contributed by atoms with van der Waals surface area (Å²) in [7, 11) is 0. The van der Waals surface area contributed by atoms with E-state index in [1.54, 1.807) is 0 Å². The normalized spacial score (nSPS) is 11.2. The number of fused-ring (bicyclic) bond motifs is 1. The Morgan fingerprint density at radius 1 is 1.03 bits per heavy atom. The van der Waals surface area contributed by atoms with E-state index in [2.05, 4.69) is 34.6 Å². The highest BCUT2D eigenvalue weighted by Gasteiger charge is 2.16. The van der Waals surface area contributed by atoms with Crippen LogP contribution < -0.4 is 10.9 Å². The van der Waals surface area contributed by atoms with Gasteiger partial charge in [0.1, 0.15) is 11.4 Å². The average molecular weight is 432 g/mol. The second-order valence-corrected chi connectivity index (χ2v) is 8.86. The summed E-state index contributed by atoms with van der Waals surface area (Å²) < 4.78 is 1.39. The highest BCUT2D eigenvalue weighted by molar-refractivity contribution is 7.18. The number of benzene rings is 2. The highest BCUT2D eigenvalue weighted by atomic mass is 32.1. The monoisotopic (exact) mass is 431 g/mol. The molecule has 158 valence electrons. The fourth-order valence-electron chi connectivity index (χ4n) is 3.85. The third-order valence-electron chi connectivity index (χ3n) is 5.63. The number of carbonyl (C=O) groups excluding carboxylic acids is 1. The fourth-order valence-corrected chi connectivity index (χ4v) is 4.83. The van der Waals surface area contributed by atoms with Gasteiger partial charge < -0.3 is 5.32 Å². The van der Waals surface area contributed by atoms with E-state index >= 15 is 0 Å². The van der Waals surface area contributed by atoms with Crippen molar-refractivity contribution in [3.63, 3.8) is 0 Å². The van der Waals surface area contributed by atoms with E-state index in [0.29, 0.717) is 11.9 Å². The van der Waals surface area contributed by atoms with E-state index in [1.165, 1.54) is 33.4 Å². The summed E-state index contributed by atoms with van der Waals surface area (Å²) in [4.78, 5) is 31.5. The Labute approximate surface area is 185 Å². The number of hydrogen-bond donors (Lipinski definition) is 1. The number of nitrogens with one attached hydrogen (secondary N) is 1. The molecular weight excluding hydrogens is 406 g/mol. The Hall–Kier alpha value is -3.25. The van der Waals surface area contributed by atoms with Crippen LogP contribution in [0, 0.1) is 13.8 Å². The van der Waals surface area contributed by atoms with Crippen molar-refractivity contribution in [3.8, 4) is 0 Å². The van der Waals surface area contributed by atoms with Gasteiger partial charge in [0.05, 0.1) is 11.7 Å². The van der Waals surface area contributed by atoms with Crippen LogP contribution in [0.15, 0.2) is 71.8 Å². The molecule has 0 aliphatic rings. The molecule has 6 heteroatoms. The Morgan fingerprint density at radius 2 is 1.65 bits per heavy atom. The first-order valence-corrected chi connectivity index (χ1v) is 11.2. The molecule has 4 aromatic rings. The fraction of sp³-hybridized carbons (Fsp3) is 0.240. The lowest BCUT2D eigenvalue weighted by Gasteiger charge is -2.18. The molecule has 0 unspecified atom stereocenters. The molecule has 0 spiro atoms. The van der Waals surface area contributed by atoms with Crippen LogP contribution in [-0.4, -0.2) is 22.0 Å². The third-order valence-corrected chi connectivity index (χ3v) is 6.74. The molecule has 0 radical (unpaired) electrons. The summed E-state index contributed by atoms with van der Waals surface area (Å²) in [5.74, 6) is 0.00704. The molecule has 0 saturated carbocycles. The summed E-state index contributed by atoms with van der Waals surface area (Å²) in [5.41, 5.74) is 3.23. The van der Waals surface area contributed by atoms with Crippen LogP contribution >= 0.6 is 11.3 Å². The Kier molecular flexibility index (Phi) is 6.28. The number of aryl methyl sites for hydroxylation is 2. The topological polar surface area (TPSA) is 64.0 Å². The quantitative estimate of drug-likeness (QED) is 0.471. The molecule has 2 aromatic heterocycles. The molecule has 0 aliphatic heterocycles. The number of rotatable bonds is 7. The maximum Gasteiger partial charge on any atom is 0.262 e. The van der Waals surface area contributed by atoms with Gasteiger partial charge in [-0.3, -0.25) is 14.2 Å². The molecule has 0 aliphatic carbocycles. The second kappa shape index (κ2) is 9.27. The first-order chi connectivity index (χ1) is 15.0. The Balaban J connectivity index is 1.43. The molecule has 2 heterocycles. The van der Waals surface area contributed by atoms with Crippen LogP contribution in [0.3, 0.4) is 0 Å². The molecule has 2 aromatic carbocycles. The molecule has 5 nitrogen and oxygen atoms in total. The van der Waals surface area contributed by atoms with E-state index in [1.807, 2.05) is 50.2 Å². The van der Waals surface area contributed by atoms with Gasteiger partial charge in [-0.05, 0) is 37.0 Å². The summed E-state index contributed by atoms with van der Waals surface area (Å²) in [6.45, 7) is 4.40. The van der Waals surface area contributed by atoms with Gasteiger partial charge in [-0.15, -0.1) is 11.3 Å². The van der Waals surface area contributed by atoms with Crippen molar-refractivity contribution < 1.29 is 4.79 Å². The zero-order valence-electron chi connectivity index (χ0n) is 17.7. The SMILES string of the molecule is Cc1sc2ncn(CC(=O)NCCC(c3ccccc3)c3ccccc3)c(=O)c2c1C. The molecular formula is C25H25N3O2S. The zero-order valence-corrected chi connectivity index (χ0v) is 18.5. The number of hydrogen-bond acceptors (Lipinski definition) is 4. The summed E-state index contributed by atoms with van der Waals surface area (Å²) in [6.07, 6.45) is 2.24. The minimum absolute atomic E-state index is 0.0303. The van der Waals surface area contributed by atoms with E-state index in [-0.39, 0.29) is 23.9 Å². The van der Waals surface area contributed by atoms with Crippen molar-refractivity contribution in [2.75, 3.05) is 6.54 Å². The number of aromatic nitrogens is 2. The van der Waals surface area contributed by atoms with Crippen LogP contribution in [0.4, 0.5) is 0 Å². The van der Waals surface area contributed by atoms with Gasteiger partial charge in [0.15, 0.2) is 0 Å². The predicted molar refractivity (Wildman–Crippen MR) is 126 cm³/mol. The van der Waals surface area contributed by atoms with Crippen LogP contribution in [0.2, 0.25) is 0 Å². The molecule has 4 rings (SSSR count). The van der Waals surface area contributed by atoms with Gasteiger partial charge in [0, 0.05) is 17.3 Å². The van der Waals surface area contributed by atoms with Crippen LogP contribution in [-0.2, 0) is 11.3 Å². The van der Waals surface area contributed by atoms with Crippen LogP contribution in [0.1, 0.15) is 33.9 Å². The van der Waals surface area contributed by atoms with Crippen LogP contribution in [0.25, 0.3) is 10.2 Å². The maximum absolute atomic E-state index is 12.8. The van der Waals surface area contributed by atoms with Crippen molar-refractivity contribution in [2.24, 2.45) is 0 Å². The summed E-state index contributed by atoms with van der Waals surface area (Å²) in [6, 6.07) is 20.6. The molecule has 31 heavy (non-hydrogen) atoms. The molecule has 1 N–H and O–H groups in total. The number of nitrogens with zero attached hydrogens (tertiary/aromatic N) is 2. The predicted octanol–water partition coefficient (Wildman–Crippen LogP) is 4.41. The Bertz CT molecular complexity index is 1210. The van der Waals surface area contributed by atoms with E-state index in [9.17, 15) is 9.59 Å². The standard InChI is InChI=1S/C25H25N3O2S/c1-17-18(2)31-24-23(17)25(30)28(16-27-24)15-22(29)26-14-13-21(19-9-5-3-6-10-19)20-11-7-4-8-12-20/h3-12,16,21H,13-15H2,1-2H3,(H,26,29). The lowest BCUT2D eigenvalue weighted by Crippen LogP contribution is -2.33. The second-order valence-electron chi connectivity index (χ2n) is 7.65. The molecule has 0 bridgehead atoms. The van der Waals surface area contributed by atoms with Crippen molar-refractivity contribution in [1.29, 1.82) is 0 Å². The van der Waals surface area contributed by atoms with Crippen molar-refractivity contribution in [2.45, 2.75) is 32.7 Å². The van der Waals surface area contributed by atoms with Gasteiger partial charge in [0.25, 0.3) is 5.56 Å². The number of thiophene rings is 1. The number of carbonyl (C=O) groups is 1. The van der Waals surface area contributed by atoms with Crippen molar-refractivity contribution >= 4 is 27.5 Å². The highest BCUT2D eigenvalue weighted by Crippen LogP contribution is 2.27. The van der Waals surface area contributed by atoms with E-state index < -0.39 is 0 Å². The van der Waals surface area contributed by atoms with Gasteiger partial charge >= 0.3 is 0 Å². The first kappa shape index (κ1) is 21.0. The Morgan fingerprint density at radius 3 is 2.26 bits per heavy atom.